The van der Waals surface area contributed by atoms with Crippen molar-refractivity contribution >= 4 is 17.2 Å². The molecule has 0 spiro atoms. The molecular formula is C15H17NO2S. The summed E-state index contributed by atoms with van der Waals surface area (Å²) in [5, 5.41) is 15.7. The van der Waals surface area contributed by atoms with E-state index in [2.05, 4.69) is 5.32 Å². The van der Waals surface area contributed by atoms with Gasteiger partial charge in [-0.05, 0) is 35.4 Å². The van der Waals surface area contributed by atoms with E-state index in [1.54, 1.807) is 11.3 Å². The van der Waals surface area contributed by atoms with Crippen LogP contribution in [0.1, 0.15) is 27.0 Å². The number of aryl methyl sites for hydroxylation is 1. The number of benzene rings is 1. The molecule has 0 atom stereocenters. The van der Waals surface area contributed by atoms with Gasteiger partial charge < -0.3 is 10.4 Å². The molecule has 1 heterocycles. The Balaban J connectivity index is 1.83. The van der Waals surface area contributed by atoms with Crippen LogP contribution in [0.4, 0.5) is 0 Å². The second-order valence-electron chi connectivity index (χ2n) is 4.45. The predicted molar refractivity (Wildman–Crippen MR) is 77.5 cm³/mol. The maximum Gasteiger partial charge on any atom is 0.252 e. The van der Waals surface area contributed by atoms with E-state index in [1.807, 2.05) is 41.9 Å². The van der Waals surface area contributed by atoms with Crippen molar-refractivity contribution in [3.05, 3.63) is 57.3 Å². The van der Waals surface area contributed by atoms with Crippen molar-refractivity contribution in [3.8, 4) is 0 Å². The molecule has 0 bridgehead atoms. The number of thiophene rings is 1. The molecule has 0 aliphatic rings. The van der Waals surface area contributed by atoms with Gasteiger partial charge in [0.25, 0.3) is 5.91 Å². The van der Waals surface area contributed by atoms with Gasteiger partial charge in [-0.3, -0.25) is 4.79 Å². The number of hydrogen-bond donors (Lipinski definition) is 2. The van der Waals surface area contributed by atoms with E-state index in [9.17, 15) is 4.79 Å². The van der Waals surface area contributed by atoms with E-state index >= 15 is 0 Å². The van der Waals surface area contributed by atoms with Gasteiger partial charge in [-0.1, -0.05) is 24.3 Å². The van der Waals surface area contributed by atoms with Crippen molar-refractivity contribution in [3.63, 3.8) is 0 Å². The van der Waals surface area contributed by atoms with Gasteiger partial charge in [0.05, 0.1) is 12.2 Å². The number of carbonyl (C=O) groups is 1. The van der Waals surface area contributed by atoms with Gasteiger partial charge in [0.15, 0.2) is 0 Å². The predicted octanol–water partition coefficient (Wildman–Crippen LogP) is 2.52. The molecule has 1 aromatic carbocycles. The summed E-state index contributed by atoms with van der Waals surface area (Å²) in [5.41, 5.74) is 3.84. The summed E-state index contributed by atoms with van der Waals surface area (Å²) in [4.78, 5) is 11.9. The molecule has 2 aromatic rings. The van der Waals surface area contributed by atoms with Crippen molar-refractivity contribution in [2.45, 2.75) is 20.0 Å². The lowest BCUT2D eigenvalue weighted by Crippen LogP contribution is -2.25. The number of carbonyl (C=O) groups excluding carboxylic acids is 1. The first kappa shape index (κ1) is 13.8. The minimum Gasteiger partial charge on any atom is -0.392 e. The SMILES string of the molecule is Cc1cscc1C(=O)NCCc1ccc(CO)cc1. The Morgan fingerprint density at radius 1 is 1.21 bits per heavy atom. The maximum atomic E-state index is 11.9. The molecule has 0 saturated carbocycles. The zero-order valence-corrected chi connectivity index (χ0v) is 11.7. The van der Waals surface area contributed by atoms with E-state index < -0.39 is 0 Å². The quantitative estimate of drug-likeness (QED) is 0.881. The Bertz CT molecular complexity index is 546. The smallest absolute Gasteiger partial charge is 0.252 e. The van der Waals surface area contributed by atoms with Crippen molar-refractivity contribution in [1.29, 1.82) is 0 Å². The van der Waals surface area contributed by atoms with Gasteiger partial charge in [-0.25, -0.2) is 0 Å². The molecular weight excluding hydrogens is 258 g/mol. The van der Waals surface area contributed by atoms with Gasteiger partial charge in [-0.15, -0.1) is 0 Å². The Morgan fingerprint density at radius 2 is 1.89 bits per heavy atom. The molecule has 100 valence electrons. The zero-order valence-electron chi connectivity index (χ0n) is 10.8. The van der Waals surface area contributed by atoms with E-state index in [0.717, 1.165) is 28.7 Å². The first-order valence-electron chi connectivity index (χ1n) is 6.20. The largest absolute Gasteiger partial charge is 0.392 e. The maximum absolute atomic E-state index is 11.9. The molecule has 0 unspecified atom stereocenters. The summed E-state index contributed by atoms with van der Waals surface area (Å²) < 4.78 is 0. The summed E-state index contributed by atoms with van der Waals surface area (Å²) in [6, 6.07) is 7.77. The molecule has 0 aliphatic heterocycles. The van der Waals surface area contributed by atoms with Crippen LogP contribution in [0.2, 0.25) is 0 Å². The monoisotopic (exact) mass is 275 g/mol. The molecule has 0 aliphatic carbocycles. The summed E-state index contributed by atoms with van der Waals surface area (Å²) in [7, 11) is 0. The van der Waals surface area contributed by atoms with Gasteiger partial charge >= 0.3 is 0 Å². The van der Waals surface area contributed by atoms with Crippen molar-refractivity contribution in [2.75, 3.05) is 6.54 Å². The van der Waals surface area contributed by atoms with E-state index in [4.69, 9.17) is 5.11 Å². The number of rotatable bonds is 5. The molecule has 4 heteroatoms. The van der Waals surface area contributed by atoms with Crippen LogP contribution in [0.5, 0.6) is 0 Å². The number of amides is 1. The highest BCUT2D eigenvalue weighted by Gasteiger charge is 2.08. The molecule has 2 N–H and O–H groups in total. The Labute approximate surface area is 116 Å². The zero-order chi connectivity index (χ0) is 13.7. The highest BCUT2D eigenvalue weighted by molar-refractivity contribution is 7.08. The van der Waals surface area contributed by atoms with Gasteiger partial charge in [0.2, 0.25) is 0 Å². The average Bonchev–Trinajstić information content (AvgIpc) is 2.86. The minimum absolute atomic E-state index is 0.00858. The molecule has 3 nitrogen and oxygen atoms in total. The number of hydrogen-bond acceptors (Lipinski definition) is 3. The van der Waals surface area contributed by atoms with Crippen LogP contribution in [0.25, 0.3) is 0 Å². The van der Waals surface area contributed by atoms with E-state index in [0.29, 0.717) is 6.54 Å². The molecule has 19 heavy (non-hydrogen) atoms. The number of aliphatic hydroxyl groups is 1. The first-order chi connectivity index (χ1) is 9.20. The topological polar surface area (TPSA) is 49.3 Å². The summed E-state index contributed by atoms with van der Waals surface area (Å²) in [6.45, 7) is 2.63. The lowest BCUT2D eigenvalue weighted by Gasteiger charge is -2.05. The van der Waals surface area contributed by atoms with Gasteiger partial charge in [-0.2, -0.15) is 11.3 Å². The molecule has 2 rings (SSSR count). The second-order valence-corrected chi connectivity index (χ2v) is 5.19. The molecule has 1 aromatic heterocycles. The van der Waals surface area contributed by atoms with Crippen LogP contribution in [-0.2, 0) is 13.0 Å². The lowest BCUT2D eigenvalue weighted by molar-refractivity contribution is 0.0954. The normalized spacial score (nSPS) is 10.4. The summed E-state index contributed by atoms with van der Waals surface area (Å²) in [5.74, 6) is -0.00858. The molecule has 0 radical (unpaired) electrons. The molecule has 0 fully saturated rings. The fourth-order valence-corrected chi connectivity index (χ4v) is 2.65. The van der Waals surface area contributed by atoms with Crippen molar-refractivity contribution < 1.29 is 9.90 Å². The minimum atomic E-state index is -0.00858. The summed E-state index contributed by atoms with van der Waals surface area (Å²) in [6.07, 6.45) is 0.792. The fraction of sp³-hybridized carbons (Fsp3) is 0.267. The van der Waals surface area contributed by atoms with Crippen LogP contribution in [0, 0.1) is 6.92 Å². The van der Waals surface area contributed by atoms with Crippen LogP contribution >= 0.6 is 11.3 Å². The number of nitrogens with one attached hydrogen (secondary N) is 1. The van der Waals surface area contributed by atoms with Crippen LogP contribution < -0.4 is 5.32 Å². The third-order valence-corrected chi connectivity index (χ3v) is 3.87. The van der Waals surface area contributed by atoms with E-state index in [-0.39, 0.29) is 12.5 Å². The average molecular weight is 275 g/mol. The molecule has 0 saturated heterocycles. The van der Waals surface area contributed by atoms with Crippen LogP contribution in [-0.4, -0.2) is 17.6 Å². The fourth-order valence-electron chi connectivity index (χ4n) is 1.82. The van der Waals surface area contributed by atoms with Crippen LogP contribution in [0.3, 0.4) is 0 Å². The van der Waals surface area contributed by atoms with Gasteiger partial charge in [0, 0.05) is 11.9 Å². The standard InChI is InChI=1S/C15H17NO2S/c1-11-9-19-10-14(11)15(18)16-7-6-12-2-4-13(8-17)5-3-12/h2-5,9-10,17H,6-8H2,1H3,(H,16,18). The van der Waals surface area contributed by atoms with Crippen molar-refractivity contribution in [1.82, 2.24) is 5.32 Å². The Hall–Kier alpha value is -1.65. The van der Waals surface area contributed by atoms with Crippen molar-refractivity contribution in [2.24, 2.45) is 0 Å². The third-order valence-electron chi connectivity index (χ3n) is 3.00. The highest BCUT2D eigenvalue weighted by Crippen LogP contribution is 2.13. The second kappa shape index (κ2) is 6.50. The Kier molecular flexibility index (Phi) is 4.71. The van der Waals surface area contributed by atoms with Gasteiger partial charge in [0.1, 0.15) is 0 Å². The summed E-state index contributed by atoms with van der Waals surface area (Å²) >= 11 is 1.54. The first-order valence-corrected chi connectivity index (χ1v) is 7.14. The highest BCUT2D eigenvalue weighted by atomic mass is 32.1. The Morgan fingerprint density at radius 3 is 2.47 bits per heavy atom. The molecule has 1 amide bonds. The lowest BCUT2D eigenvalue weighted by atomic mass is 10.1. The third kappa shape index (κ3) is 3.66. The van der Waals surface area contributed by atoms with Crippen LogP contribution in [0.15, 0.2) is 35.0 Å². The van der Waals surface area contributed by atoms with E-state index in [1.165, 1.54) is 0 Å². The number of aliphatic hydroxyl groups excluding tert-OH is 1.